The molecule has 0 unspecified atom stereocenters. The molecule has 0 saturated heterocycles. The summed E-state index contributed by atoms with van der Waals surface area (Å²) in [5.41, 5.74) is 1.99. The van der Waals surface area contributed by atoms with Crippen molar-refractivity contribution in [2.75, 3.05) is 0 Å². The molecule has 130 valence electrons. The van der Waals surface area contributed by atoms with Crippen molar-refractivity contribution in [3.8, 4) is 0 Å². The van der Waals surface area contributed by atoms with Crippen molar-refractivity contribution < 1.29 is 4.39 Å². The molecule has 3 rings (SSSR count). The van der Waals surface area contributed by atoms with Gasteiger partial charge in [0.2, 0.25) is 0 Å². The summed E-state index contributed by atoms with van der Waals surface area (Å²) < 4.78 is 13.1. The first-order valence-electron chi connectivity index (χ1n) is 8.17. The summed E-state index contributed by atoms with van der Waals surface area (Å²) in [6.45, 7) is 2.05. The number of benzene rings is 3. The van der Waals surface area contributed by atoms with Crippen LogP contribution in [0, 0.1) is 5.82 Å². The first-order chi connectivity index (χ1) is 12.7. The molecule has 0 saturated carbocycles. The van der Waals surface area contributed by atoms with Crippen LogP contribution in [0.4, 0.5) is 10.1 Å². The number of hydrogen-bond acceptors (Lipinski definition) is 3. The van der Waals surface area contributed by atoms with E-state index in [0.29, 0.717) is 0 Å². The molecule has 0 radical (unpaired) electrons. The van der Waals surface area contributed by atoms with Gasteiger partial charge in [0.25, 0.3) is 0 Å². The van der Waals surface area contributed by atoms with E-state index in [0.717, 1.165) is 26.1 Å². The van der Waals surface area contributed by atoms with E-state index in [1.165, 1.54) is 12.1 Å². The number of aliphatic imine (C=N–C) groups is 1. The zero-order chi connectivity index (χ0) is 18.2. The van der Waals surface area contributed by atoms with Crippen LogP contribution in [0.5, 0.6) is 0 Å². The fraction of sp³-hybridized carbons (Fsp3) is 0.0455. The second-order valence-corrected chi connectivity index (χ2v) is 7.55. The van der Waals surface area contributed by atoms with Crippen LogP contribution in [0.3, 0.4) is 0 Å². The minimum atomic E-state index is -0.221. The number of hydrogen-bond donors (Lipinski definition) is 0. The van der Waals surface area contributed by atoms with Gasteiger partial charge in [0.1, 0.15) is 10.9 Å². The van der Waals surface area contributed by atoms with Gasteiger partial charge in [-0.2, -0.15) is 0 Å². The predicted octanol–water partition coefficient (Wildman–Crippen LogP) is 7.34. The lowest BCUT2D eigenvalue weighted by Crippen LogP contribution is -1.94. The first kappa shape index (κ1) is 18.5. The van der Waals surface area contributed by atoms with Crippen molar-refractivity contribution in [3.05, 3.63) is 102 Å². The first-order valence-corrected chi connectivity index (χ1v) is 9.86. The lowest BCUT2D eigenvalue weighted by atomic mass is 10.3. The van der Waals surface area contributed by atoms with Crippen LogP contribution in [0.15, 0.2) is 111 Å². The molecule has 3 aromatic carbocycles. The molecule has 0 amide bonds. The normalized spacial score (nSPS) is 12.2. The van der Waals surface area contributed by atoms with E-state index in [-0.39, 0.29) is 5.82 Å². The Bertz CT molecular complexity index is 888. The van der Waals surface area contributed by atoms with Crippen molar-refractivity contribution in [2.24, 2.45) is 4.99 Å². The van der Waals surface area contributed by atoms with Gasteiger partial charge in [-0.3, -0.25) is 0 Å². The quantitative estimate of drug-likeness (QED) is 0.261. The fourth-order valence-corrected chi connectivity index (χ4v) is 3.81. The molecule has 0 aromatic heterocycles. The van der Waals surface area contributed by atoms with Crippen molar-refractivity contribution in [1.82, 2.24) is 0 Å². The maximum atomic E-state index is 13.1. The number of nitrogens with zero attached hydrogens (tertiary/aromatic N) is 1. The second-order valence-electron chi connectivity index (χ2n) is 5.54. The lowest BCUT2D eigenvalue weighted by molar-refractivity contribution is 0.626. The van der Waals surface area contributed by atoms with Crippen molar-refractivity contribution in [1.29, 1.82) is 0 Å². The second kappa shape index (κ2) is 9.41. The van der Waals surface area contributed by atoms with E-state index in [9.17, 15) is 4.39 Å². The van der Waals surface area contributed by atoms with E-state index in [1.54, 1.807) is 35.7 Å². The lowest BCUT2D eigenvalue weighted by Gasteiger charge is -2.08. The summed E-state index contributed by atoms with van der Waals surface area (Å²) in [4.78, 5) is 6.95. The van der Waals surface area contributed by atoms with Gasteiger partial charge < -0.3 is 0 Å². The molecule has 3 aromatic rings. The molecule has 0 heterocycles. The van der Waals surface area contributed by atoms with E-state index < -0.39 is 0 Å². The van der Waals surface area contributed by atoms with E-state index >= 15 is 0 Å². The molecular formula is C22H18FNS2. The van der Waals surface area contributed by atoms with Crippen LogP contribution >= 0.6 is 23.5 Å². The predicted molar refractivity (Wildman–Crippen MR) is 112 cm³/mol. The molecule has 0 aliphatic heterocycles. The van der Waals surface area contributed by atoms with Crippen molar-refractivity contribution in [3.63, 3.8) is 0 Å². The monoisotopic (exact) mass is 379 g/mol. The molecule has 0 aliphatic carbocycles. The number of thioether (sulfide) groups is 2. The smallest absolute Gasteiger partial charge is 0.123 e. The minimum absolute atomic E-state index is 0.221. The number of rotatable bonds is 5. The van der Waals surface area contributed by atoms with Crippen molar-refractivity contribution in [2.45, 2.75) is 16.7 Å². The zero-order valence-corrected chi connectivity index (χ0v) is 15.9. The summed E-state index contributed by atoms with van der Waals surface area (Å²) in [6.07, 6.45) is 0. The van der Waals surface area contributed by atoms with Crippen LogP contribution in [-0.2, 0) is 0 Å². The molecule has 26 heavy (non-hydrogen) atoms. The third kappa shape index (κ3) is 5.61. The summed E-state index contributed by atoms with van der Waals surface area (Å²) in [6, 6.07) is 26.6. The van der Waals surface area contributed by atoms with Gasteiger partial charge in [-0.05, 0) is 66.4 Å². The van der Waals surface area contributed by atoms with Crippen LogP contribution in [0.1, 0.15) is 6.92 Å². The number of para-hydroxylation sites is 1. The Labute approximate surface area is 162 Å². The summed E-state index contributed by atoms with van der Waals surface area (Å²) in [5.74, 6) is -0.221. The Hall–Kier alpha value is -2.30. The molecule has 0 atom stereocenters. The van der Waals surface area contributed by atoms with Gasteiger partial charge in [-0.25, -0.2) is 9.38 Å². The standard InChI is InChI=1S/C22H18FNS2/c1-17(16-25-20-14-12-18(23)13-15-20)22(24-19-8-4-2-5-9-19)26-21-10-6-3-7-11-21/h2-16H,1H3/b17-16+,24-22?. The Morgan fingerprint density at radius 3 is 2.08 bits per heavy atom. The van der Waals surface area contributed by atoms with E-state index in [4.69, 9.17) is 4.99 Å². The van der Waals surface area contributed by atoms with Crippen LogP contribution in [0.2, 0.25) is 0 Å². The van der Waals surface area contributed by atoms with Gasteiger partial charge in [-0.15, -0.1) is 0 Å². The highest BCUT2D eigenvalue weighted by Crippen LogP contribution is 2.29. The third-order valence-electron chi connectivity index (χ3n) is 3.47. The Morgan fingerprint density at radius 1 is 0.808 bits per heavy atom. The molecule has 0 bridgehead atoms. The molecule has 1 nitrogen and oxygen atoms in total. The molecule has 0 N–H and O–H groups in total. The SMILES string of the molecule is C/C(=C\Sc1ccc(F)cc1)C(=Nc1ccccc1)Sc1ccccc1. The highest BCUT2D eigenvalue weighted by Gasteiger charge is 2.06. The number of halogens is 1. The van der Waals surface area contributed by atoms with Crippen molar-refractivity contribution >= 4 is 34.3 Å². The van der Waals surface area contributed by atoms with Crippen LogP contribution < -0.4 is 0 Å². The van der Waals surface area contributed by atoms with Gasteiger partial charge in [0, 0.05) is 9.79 Å². The highest BCUT2D eigenvalue weighted by molar-refractivity contribution is 8.14. The molecule has 4 heteroatoms. The van der Waals surface area contributed by atoms with Gasteiger partial charge in [-0.1, -0.05) is 59.9 Å². The maximum absolute atomic E-state index is 13.1. The fourth-order valence-electron chi connectivity index (χ4n) is 2.13. The summed E-state index contributed by atoms with van der Waals surface area (Å²) >= 11 is 3.20. The van der Waals surface area contributed by atoms with Gasteiger partial charge in [0.05, 0.1) is 5.69 Å². The highest BCUT2D eigenvalue weighted by atomic mass is 32.2. The summed E-state index contributed by atoms with van der Waals surface area (Å²) in [5, 5.41) is 3.00. The van der Waals surface area contributed by atoms with Crippen LogP contribution in [-0.4, -0.2) is 5.04 Å². The zero-order valence-electron chi connectivity index (χ0n) is 14.3. The molecule has 0 aliphatic rings. The Kier molecular flexibility index (Phi) is 6.69. The Balaban J connectivity index is 1.85. The maximum Gasteiger partial charge on any atom is 0.123 e. The summed E-state index contributed by atoms with van der Waals surface area (Å²) in [7, 11) is 0. The van der Waals surface area contributed by atoms with E-state index in [2.05, 4.69) is 17.5 Å². The van der Waals surface area contributed by atoms with E-state index in [1.807, 2.05) is 55.5 Å². The largest absolute Gasteiger partial charge is 0.241 e. The third-order valence-corrected chi connectivity index (χ3v) is 5.60. The average Bonchev–Trinajstić information content (AvgIpc) is 2.68. The molecule has 0 fully saturated rings. The van der Waals surface area contributed by atoms with Gasteiger partial charge >= 0.3 is 0 Å². The Morgan fingerprint density at radius 2 is 1.42 bits per heavy atom. The average molecular weight is 380 g/mol. The minimum Gasteiger partial charge on any atom is -0.241 e. The topological polar surface area (TPSA) is 12.4 Å². The van der Waals surface area contributed by atoms with Gasteiger partial charge in [0.15, 0.2) is 0 Å². The molecule has 0 spiro atoms. The molecular weight excluding hydrogens is 361 g/mol. The van der Waals surface area contributed by atoms with Crippen LogP contribution in [0.25, 0.3) is 0 Å².